The predicted molar refractivity (Wildman–Crippen MR) is 90.4 cm³/mol. The zero-order valence-corrected chi connectivity index (χ0v) is 14.8. The third-order valence-corrected chi connectivity index (χ3v) is 6.86. The van der Waals surface area contributed by atoms with Crippen molar-refractivity contribution in [1.82, 2.24) is 20.1 Å². The number of carbonyl (C=O) groups excluding carboxylic acids is 1. The Labute approximate surface area is 145 Å². The van der Waals surface area contributed by atoms with Gasteiger partial charge in [-0.2, -0.15) is 0 Å². The second-order valence-corrected chi connectivity index (χ2v) is 8.83. The van der Waals surface area contributed by atoms with Gasteiger partial charge < -0.3 is 4.90 Å². The molecule has 2 aromatic rings. The van der Waals surface area contributed by atoms with Crippen LogP contribution < -0.4 is 0 Å². The van der Waals surface area contributed by atoms with Crippen LogP contribution in [0.5, 0.6) is 0 Å². The van der Waals surface area contributed by atoms with Gasteiger partial charge in [-0.3, -0.25) is 9.69 Å². The van der Waals surface area contributed by atoms with Gasteiger partial charge in [0.05, 0.1) is 17.5 Å². The number of hydrogen-bond acceptors (Lipinski definition) is 7. The monoisotopic (exact) mass is 364 g/mol. The first kappa shape index (κ1) is 16.5. The van der Waals surface area contributed by atoms with E-state index in [0.29, 0.717) is 37.1 Å². The number of piperazine rings is 1. The van der Waals surface area contributed by atoms with E-state index in [1.54, 1.807) is 4.90 Å². The standard InChI is InChI=1S/C16H20N4O4S/c1-2-15(21)20-7-6-19(13-9-25(22,23)10-14(13)20)8-11-4-3-5-12-16(11)18-24-17-12/h3-5,13-14H,2,6-10H2,1H3/t13-,14+/m1/s1. The maximum Gasteiger partial charge on any atom is 0.222 e. The van der Waals surface area contributed by atoms with Crippen molar-refractivity contribution in [3.63, 3.8) is 0 Å². The van der Waals surface area contributed by atoms with Crippen LogP contribution in [0.15, 0.2) is 22.8 Å². The maximum absolute atomic E-state index is 12.2. The van der Waals surface area contributed by atoms with E-state index in [-0.39, 0.29) is 29.5 Å². The quantitative estimate of drug-likeness (QED) is 0.780. The van der Waals surface area contributed by atoms with E-state index >= 15 is 0 Å². The van der Waals surface area contributed by atoms with Crippen molar-refractivity contribution in [2.75, 3.05) is 24.6 Å². The molecule has 2 fully saturated rings. The number of carbonyl (C=O) groups is 1. The summed E-state index contributed by atoms with van der Waals surface area (Å²) in [6, 6.07) is 5.23. The number of nitrogens with zero attached hydrogens (tertiary/aromatic N) is 4. The van der Waals surface area contributed by atoms with Crippen LogP contribution in [0.3, 0.4) is 0 Å². The summed E-state index contributed by atoms with van der Waals surface area (Å²) in [6.45, 7) is 3.57. The van der Waals surface area contributed by atoms with Crippen molar-refractivity contribution in [2.24, 2.45) is 0 Å². The van der Waals surface area contributed by atoms with E-state index in [9.17, 15) is 13.2 Å². The third-order valence-electron chi connectivity index (χ3n) is 5.16. The largest absolute Gasteiger partial charge is 0.336 e. The van der Waals surface area contributed by atoms with Crippen LogP contribution in [0.1, 0.15) is 18.9 Å². The highest BCUT2D eigenvalue weighted by Crippen LogP contribution is 2.29. The van der Waals surface area contributed by atoms with Crippen LogP contribution in [-0.2, 0) is 21.2 Å². The van der Waals surface area contributed by atoms with Crippen molar-refractivity contribution < 1.29 is 17.8 Å². The van der Waals surface area contributed by atoms with E-state index in [1.807, 2.05) is 25.1 Å². The van der Waals surface area contributed by atoms with Crippen LogP contribution in [0.4, 0.5) is 0 Å². The lowest BCUT2D eigenvalue weighted by molar-refractivity contribution is -0.136. The molecule has 1 aromatic heterocycles. The Balaban J connectivity index is 1.63. The fourth-order valence-electron chi connectivity index (χ4n) is 3.94. The Morgan fingerprint density at radius 1 is 1.24 bits per heavy atom. The average molecular weight is 364 g/mol. The second kappa shape index (κ2) is 6.06. The summed E-state index contributed by atoms with van der Waals surface area (Å²) in [7, 11) is -3.14. The maximum atomic E-state index is 12.2. The Kier molecular flexibility index (Phi) is 3.99. The highest BCUT2D eigenvalue weighted by Gasteiger charge is 2.47. The molecule has 0 N–H and O–H groups in total. The molecular formula is C16H20N4O4S. The molecule has 8 nitrogen and oxygen atoms in total. The number of hydrogen-bond donors (Lipinski definition) is 0. The van der Waals surface area contributed by atoms with Crippen LogP contribution >= 0.6 is 0 Å². The summed E-state index contributed by atoms with van der Waals surface area (Å²) in [5.41, 5.74) is 2.34. The molecule has 0 radical (unpaired) electrons. The summed E-state index contributed by atoms with van der Waals surface area (Å²) in [5, 5.41) is 7.81. The summed E-state index contributed by atoms with van der Waals surface area (Å²) < 4.78 is 29.3. The molecule has 4 rings (SSSR count). The van der Waals surface area contributed by atoms with Crippen molar-refractivity contribution in [2.45, 2.75) is 32.0 Å². The molecule has 1 amide bonds. The lowest BCUT2D eigenvalue weighted by Crippen LogP contribution is -2.60. The van der Waals surface area contributed by atoms with Crippen LogP contribution in [0.2, 0.25) is 0 Å². The minimum Gasteiger partial charge on any atom is -0.336 e. The Morgan fingerprint density at radius 3 is 2.84 bits per heavy atom. The molecule has 0 spiro atoms. The van der Waals surface area contributed by atoms with Crippen molar-refractivity contribution in [3.8, 4) is 0 Å². The zero-order chi connectivity index (χ0) is 17.6. The van der Waals surface area contributed by atoms with E-state index in [2.05, 4.69) is 15.2 Å². The smallest absolute Gasteiger partial charge is 0.222 e. The highest BCUT2D eigenvalue weighted by atomic mass is 32.2. The van der Waals surface area contributed by atoms with Crippen molar-refractivity contribution in [3.05, 3.63) is 23.8 Å². The minimum absolute atomic E-state index is 0.0227. The summed E-state index contributed by atoms with van der Waals surface area (Å²) >= 11 is 0. The van der Waals surface area contributed by atoms with Gasteiger partial charge in [0, 0.05) is 32.1 Å². The molecule has 2 atom stereocenters. The van der Waals surface area contributed by atoms with Crippen molar-refractivity contribution >= 4 is 26.8 Å². The Bertz CT molecular complexity index is 910. The predicted octanol–water partition coefficient (Wildman–Crippen LogP) is 0.443. The number of benzene rings is 1. The first-order valence-electron chi connectivity index (χ1n) is 8.42. The summed E-state index contributed by atoms with van der Waals surface area (Å²) in [4.78, 5) is 16.1. The van der Waals surface area contributed by atoms with Gasteiger partial charge in [-0.15, -0.1) is 0 Å². The number of amides is 1. The van der Waals surface area contributed by atoms with E-state index in [1.165, 1.54) is 0 Å². The van der Waals surface area contributed by atoms with Crippen molar-refractivity contribution in [1.29, 1.82) is 0 Å². The van der Waals surface area contributed by atoms with E-state index < -0.39 is 9.84 Å². The number of rotatable bonds is 3. The topological polar surface area (TPSA) is 96.6 Å². The molecule has 1 aromatic carbocycles. The fourth-order valence-corrected chi connectivity index (χ4v) is 5.95. The molecule has 0 aliphatic carbocycles. The average Bonchev–Trinajstić information content (AvgIpc) is 3.18. The normalized spacial score (nSPS) is 26.0. The molecule has 2 aliphatic heterocycles. The fraction of sp³-hybridized carbons (Fsp3) is 0.562. The molecule has 2 saturated heterocycles. The Morgan fingerprint density at radius 2 is 2.04 bits per heavy atom. The summed E-state index contributed by atoms with van der Waals surface area (Å²) in [5.74, 6) is 0.169. The zero-order valence-electron chi connectivity index (χ0n) is 14.0. The third kappa shape index (κ3) is 2.91. The lowest BCUT2D eigenvalue weighted by Gasteiger charge is -2.44. The minimum atomic E-state index is -3.14. The van der Waals surface area contributed by atoms with Gasteiger partial charge in [0.1, 0.15) is 11.0 Å². The van der Waals surface area contributed by atoms with E-state index in [4.69, 9.17) is 4.63 Å². The highest BCUT2D eigenvalue weighted by molar-refractivity contribution is 7.91. The van der Waals surface area contributed by atoms with Gasteiger partial charge in [-0.25, -0.2) is 13.0 Å². The number of fused-ring (bicyclic) bond motifs is 2. The van der Waals surface area contributed by atoms with Gasteiger partial charge in [0.2, 0.25) is 5.91 Å². The van der Waals surface area contributed by atoms with Gasteiger partial charge >= 0.3 is 0 Å². The lowest BCUT2D eigenvalue weighted by atomic mass is 10.0. The molecule has 2 aliphatic rings. The first-order valence-corrected chi connectivity index (χ1v) is 10.2. The van der Waals surface area contributed by atoms with Gasteiger partial charge in [-0.05, 0) is 21.9 Å². The molecule has 9 heteroatoms. The molecule has 0 unspecified atom stereocenters. The summed E-state index contributed by atoms with van der Waals surface area (Å²) in [6.07, 6.45) is 0.396. The van der Waals surface area contributed by atoms with Crippen LogP contribution in [-0.4, -0.2) is 71.1 Å². The van der Waals surface area contributed by atoms with Crippen LogP contribution in [0.25, 0.3) is 11.0 Å². The first-order chi connectivity index (χ1) is 12.0. The molecular weight excluding hydrogens is 344 g/mol. The van der Waals surface area contributed by atoms with Gasteiger partial charge in [-0.1, -0.05) is 19.1 Å². The SMILES string of the molecule is CCC(=O)N1CCN(Cc2cccc3nonc23)[C@@H]2CS(=O)(=O)C[C@@H]21. The molecule has 134 valence electrons. The van der Waals surface area contributed by atoms with E-state index in [0.717, 1.165) is 5.56 Å². The Hall–Kier alpha value is -2.00. The van der Waals surface area contributed by atoms with Gasteiger partial charge in [0.15, 0.2) is 9.84 Å². The van der Waals surface area contributed by atoms with Crippen LogP contribution in [0, 0.1) is 0 Å². The number of sulfone groups is 1. The molecule has 25 heavy (non-hydrogen) atoms. The second-order valence-electron chi connectivity index (χ2n) is 6.67. The molecule has 3 heterocycles. The van der Waals surface area contributed by atoms with Gasteiger partial charge in [0.25, 0.3) is 0 Å². The molecule has 0 saturated carbocycles. The molecule has 0 bridgehead atoms. The number of aromatic nitrogens is 2.